The fraction of sp³-hybridized carbons (Fsp3) is 0.242. The predicted octanol–water partition coefficient (Wildman–Crippen LogP) is 15.3. The van der Waals surface area contributed by atoms with E-state index in [1.54, 1.807) is 0 Å². The summed E-state index contributed by atoms with van der Waals surface area (Å²) in [4.78, 5) is 0. The van der Waals surface area contributed by atoms with E-state index in [4.69, 9.17) is 32.3 Å². The van der Waals surface area contributed by atoms with E-state index in [-0.39, 0.29) is 41.5 Å². The van der Waals surface area contributed by atoms with E-state index in [0.29, 0.717) is 49.1 Å². The van der Waals surface area contributed by atoms with Crippen LogP contribution in [0.5, 0.6) is 0 Å². The van der Waals surface area contributed by atoms with Gasteiger partial charge in [0, 0.05) is 0 Å². The van der Waals surface area contributed by atoms with Crippen LogP contribution in [0.2, 0.25) is 0 Å². The first-order valence-electron chi connectivity index (χ1n) is 25.5. The van der Waals surface area contributed by atoms with Gasteiger partial charge in [-0.2, -0.15) is 0 Å². The molecule has 8 aromatic carbocycles. The van der Waals surface area contributed by atoms with Crippen molar-refractivity contribution in [2.45, 2.75) is 99.2 Å². The van der Waals surface area contributed by atoms with Gasteiger partial charge in [0.05, 0.1) is 50.8 Å². The van der Waals surface area contributed by atoms with Crippen LogP contribution < -0.4 is 0 Å². The molecule has 73 heavy (non-hydrogen) atoms. The Kier molecular flexibility index (Phi) is 21.2. The standard InChI is InChI=1S/2C33H34O2P.Fe/c2*1-36-30(22-26-14-6-2-7-15-26)32(34-24-28-18-10-4-11-19-28)33(35-25-29-20-12-5-13-21-29)31(36)23-27-16-8-3-9-17-27;/h2*2-21,30-33H,1,22-25H2;/q2*-1;+2/t30-,31-,32-,33+,36?;30-,31-,32-,33-;/m00./s1. The van der Waals surface area contributed by atoms with Gasteiger partial charge < -0.3 is 32.3 Å². The molecule has 7 heteroatoms. The van der Waals surface area contributed by atoms with E-state index >= 15 is 0 Å². The van der Waals surface area contributed by atoms with Crippen molar-refractivity contribution in [3.05, 3.63) is 300 Å². The van der Waals surface area contributed by atoms with Crippen molar-refractivity contribution in [3.8, 4) is 0 Å². The summed E-state index contributed by atoms with van der Waals surface area (Å²) in [5.74, 6) is 0. The molecule has 0 bridgehead atoms. The first-order chi connectivity index (χ1) is 35.6. The molecule has 8 aromatic rings. The summed E-state index contributed by atoms with van der Waals surface area (Å²) in [6.07, 6.45) is 3.83. The maximum Gasteiger partial charge on any atom is 2.00 e. The second-order valence-corrected chi connectivity index (χ2v) is 23.8. The van der Waals surface area contributed by atoms with Crippen LogP contribution in [0, 0.1) is 13.3 Å². The predicted molar refractivity (Wildman–Crippen MR) is 300 cm³/mol. The summed E-state index contributed by atoms with van der Waals surface area (Å²) in [6.45, 7) is 12.0. The Morgan fingerprint density at radius 3 is 0.562 bits per heavy atom. The third-order valence-corrected chi connectivity index (χ3v) is 19.5. The normalized spacial score (nSPS) is 22.5. The molecule has 2 saturated heterocycles. The first-order valence-corrected chi connectivity index (χ1v) is 28.8. The summed E-state index contributed by atoms with van der Waals surface area (Å²) in [6, 6.07) is 85.0. The van der Waals surface area contributed by atoms with Crippen LogP contribution in [0.25, 0.3) is 0 Å². The summed E-state index contributed by atoms with van der Waals surface area (Å²) in [5, 5.41) is 0. The van der Waals surface area contributed by atoms with Gasteiger partial charge in [-0.25, -0.2) is 0 Å². The van der Waals surface area contributed by atoms with Crippen molar-refractivity contribution in [3.63, 3.8) is 0 Å². The molecule has 374 valence electrons. The minimum Gasteiger partial charge on any atom is -0.370 e. The van der Waals surface area contributed by atoms with E-state index in [2.05, 4.69) is 218 Å². The molecule has 2 aliphatic heterocycles. The van der Waals surface area contributed by atoms with Crippen molar-refractivity contribution in [2.24, 2.45) is 0 Å². The SMILES string of the molecule is [CH2-]P1[C@@H](Cc2ccccc2)[C@H](OCc2ccccc2)[C@@H](OCc2ccccc2)[C@@H]1Cc1ccccc1.[CH2-]P1[C@@H](Cc2ccccc2)[C@H](OCc2ccccc2)[C@H](OCc2ccccc2)[C@@H]1Cc1ccccc1.[Fe+2]. The molecule has 1 unspecified atom stereocenters. The first kappa shape index (κ1) is 54.2. The van der Waals surface area contributed by atoms with E-state index in [1.807, 2.05) is 24.3 Å². The van der Waals surface area contributed by atoms with Crippen molar-refractivity contribution >= 4 is 15.8 Å². The fourth-order valence-corrected chi connectivity index (χ4v) is 15.7. The molecule has 0 radical (unpaired) electrons. The summed E-state index contributed by atoms with van der Waals surface area (Å²) >= 11 is 0. The Morgan fingerprint density at radius 2 is 0.397 bits per heavy atom. The van der Waals surface area contributed by atoms with Crippen LogP contribution in [0.3, 0.4) is 0 Å². The number of rotatable bonds is 20. The van der Waals surface area contributed by atoms with Crippen LogP contribution >= 0.6 is 15.8 Å². The number of ether oxygens (including phenoxy) is 4. The average molecular weight is 1040 g/mol. The van der Waals surface area contributed by atoms with Gasteiger partial charge in [-0.05, 0) is 92.8 Å². The second-order valence-electron chi connectivity index (χ2n) is 19.1. The Balaban J connectivity index is 0.000000192. The molecule has 0 spiro atoms. The van der Waals surface area contributed by atoms with Gasteiger partial charge in [0.2, 0.25) is 0 Å². The molecule has 10 rings (SSSR count). The third kappa shape index (κ3) is 15.5. The largest absolute Gasteiger partial charge is 2.00 e. The molecule has 2 fully saturated rings. The maximum atomic E-state index is 6.76. The zero-order chi connectivity index (χ0) is 49.2. The number of benzene rings is 8. The third-order valence-electron chi connectivity index (χ3n) is 14.2. The Bertz CT molecular complexity index is 2340. The minimum atomic E-state index is -0.579. The fourth-order valence-electron chi connectivity index (χ4n) is 10.4. The van der Waals surface area contributed by atoms with Gasteiger partial charge in [0.1, 0.15) is 0 Å². The minimum absolute atomic E-state index is 0. The molecule has 0 aliphatic carbocycles. The molecule has 9 atom stereocenters. The number of hydrogen-bond acceptors (Lipinski definition) is 4. The Morgan fingerprint density at radius 1 is 0.247 bits per heavy atom. The number of hydrogen-bond donors (Lipinski definition) is 0. The van der Waals surface area contributed by atoms with Crippen LogP contribution in [0.4, 0.5) is 0 Å². The van der Waals surface area contributed by atoms with Crippen molar-refractivity contribution in [1.29, 1.82) is 0 Å². The van der Waals surface area contributed by atoms with Crippen molar-refractivity contribution in [1.82, 2.24) is 0 Å². The van der Waals surface area contributed by atoms with Crippen LogP contribution in [0.15, 0.2) is 243 Å². The molecular formula is C66H68FeO4P2. The summed E-state index contributed by atoms with van der Waals surface area (Å²) in [5.41, 5.74) is 11.5. The molecule has 0 saturated carbocycles. The summed E-state index contributed by atoms with van der Waals surface area (Å²) in [7, 11) is -1.16. The molecule has 0 aromatic heterocycles. The maximum absolute atomic E-state index is 6.76. The Hall–Kier alpha value is -5.02. The molecule has 2 aliphatic rings. The average Bonchev–Trinajstić information content (AvgIpc) is 3.83. The quantitative estimate of drug-likeness (QED) is 0.0433. The van der Waals surface area contributed by atoms with Gasteiger partial charge in [0.25, 0.3) is 0 Å². The topological polar surface area (TPSA) is 36.9 Å². The van der Waals surface area contributed by atoms with Gasteiger partial charge in [-0.15, -0.1) is 0 Å². The molecular weight excluding hydrogens is 975 g/mol. The molecule has 0 N–H and O–H groups in total. The molecule has 2 heterocycles. The van der Waals surface area contributed by atoms with Crippen molar-refractivity contribution in [2.75, 3.05) is 0 Å². The van der Waals surface area contributed by atoms with Crippen LogP contribution in [-0.4, -0.2) is 47.1 Å². The Labute approximate surface area is 448 Å². The van der Waals surface area contributed by atoms with Gasteiger partial charge in [0.15, 0.2) is 0 Å². The monoisotopic (exact) mass is 1040 g/mol. The van der Waals surface area contributed by atoms with E-state index in [1.165, 1.54) is 44.5 Å². The van der Waals surface area contributed by atoms with E-state index < -0.39 is 15.8 Å². The van der Waals surface area contributed by atoms with E-state index in [9.17, 15) is 0 Å². The zero-order valence-corrected chi connectivity index (χ0v) is 44.6. The van der Waals surface area contributed by atoms with E-state index in [0.717, 1.165) is 25.7 Å². The molecule has 4 nitrogen and oxygen atoms in total. The smallest absolute Gasteiger partial charge is 0.370 e. The van der Waals surface area contributed by atoms with Gasteiger partial charge in [-0.3, -0.25) is 15.8 Å². The van der Waals surface area contributed by atoms with Crippen LogP contribution in [-0.2, 0) is 88.1 Å². The van der Waals surface area contributed by atoms with Gasteiger partial charge >= 0.3 is 17.1 Å². The second kappa shape index (κ2) is 28.6. The van der Waals surface area contributed by atoms with Crippen LogP contribution in [0.1, 0.15) is 44.5 Å². The zero-order valence-electron chi connectivity index (χ0n) is 41.7. The summed E-state index contributed by atoms with van der Waals surface area (Å²) < 4.78 is 27.1. The van der Waals surface area contributed by atoms with Crippen molar-refractivity contribution < 1.29 is 36.0 Å². The van der Waals surface area contributed by atoms with Gasteiger partial charge in [-0.1, -0.05) is 243 Å². The molecule has 0 amide bonds.